The first-order valence-corrected chi connectivity index (χ1v) is 7.35. The van der Waals surface area contributed by atoms with Gasteiger partial charge in [0.1, 0.15) is 5.76 Å². The summed E-state index contributed by atoms with van der Waals surface area (Å²) in [6, 6.07) is 3.46. The first-order chi connectivity index (χ1) is 10.1. The molecule has 0 aliphatic carbocycles. The number of esters is 1. The van der Waals surface area contributed by atoms with Gasteiger partial charge in [0, 0.05) is 6.54 Å². The highest BCUT2D eigenvalue weighted by molar-refractivity contribution is 5.91. The third-order valence-corrected chi connectivity index (χ3v) is 3.08. The summed E-state index contributed by atoms with van der Waals surface area (Å²) in [6.07, 6.45) is 0.159. The van der Waals surface area contributed by atoms with Crippen LogP contribution in [0.4, 0.5) is 0 Å². The van der Waals surface area contributed by atoms with Gasteiger partial charge in [0.2, 0.25) is 0 Å². The second-order valence-corrected chi connectivity index (χ2v) is 4.54. The molecule has 0 radical (unpaired) electrons. The molecule has 0 aliphatic heterocycles. The number of rotatable bonds is 9. The summed E-state index contributed by atoms with van der Waals surface area (Å²) in [7, 11) is 0. The molecule has 0 bridgehead atoms. The van der Waals surface area contributed by atoms with Crippen LogP contribution in [0, 0.1) is 0 Å². The molecular weight excluding hydrogens is 272 g/mol. The number of nitrogens with zero attached hydrogens (tertiary/aromatic N) is 1. The summed E-state index contributed by atoms with van der Waals surface area (Å²) in [5.74, 6) is 0.389. The van der Waals surface area contributed by atoms with Gasteiger partial charge in [0.15, 0.2) is 5.76 Å². The van der Waals surface area contributed by atoms with Gasteiger partial charge in [0.05, 0.1) is 19.6 Å². The van der Waals surface area contributed by atoms with E-state index in [1.165, 1.54) is 0 Å². The SMILES string of the molecule is CCOC(=O)CCNC(=O)c1ccc(CN(CC)CC)o1. The Kier molecular flexibility index (Phi) is 7.53. The maximum Gasteiger partial charge on any atom is 0.307 e. The van der Waals surface area contributed by atoms with Crippen LogP contribution in [0.2, 0.25) is 0 Å². The Morgan fingerprint density at radius 1 is 1.24 bits per heavy atom. The molecular formula is C15H24N2O4. The lowest BCUT2D eigenvalue weighted by Crippen LogP contribution is -2.26. The Bertz CT molecular complexity index is 452. The molecule has 0 saturated carbocycles. The molecule has 1 amide bonds. The van der Waals surface area contributed by atoms with Gasteiger partial charge < -0.3 is 14.5 Å². The van der Waals surface area contributed by atoms with Crippen LogP contribution in [0.25, 0.3) is 0 Å². The highest BCUT2D eigenvalue weighted by Gasteiger charge is 2.12. The van der Waals surface area contributed by atoms with E-state index < -0.39 is 0 Å². The van der Waals surface area contributed by atoms with Crippen molar-refractivity contribution < 1.29 is 18.7 Å². The summed E-state index contributed by atoms with van der Waals surface area (Å²) in [5.41, 5.74) is 0. The number of hydrogen-bond donors (Lipinski definition) is 1. The standard InChI is InChI=1S/C15H24N2O4/c1-4-17(5-2)11-12-7-8-13(21-12)15(19)16-10-9-14(18)20-6-3/h7-8H,4-6,9-11H2,1-3H3,(H,16,19). The van der Waals surface area contributed by atoms with Crippen LogP contribution in [-0.4, -0.2) is 43.0 Å². The predicted molar refractivity (Wildman–Crippen MR) is 78.9 cm³/mol. The fourth-order valence-corrected chi connectivity index (χ4v) is 1.85. The fourth-order valence-electron chi connectivity index (χ4n) is 1.85. The highest BCUT2D eigenvalue weighted by Crippen LogP contribution is 2.10. The molecule has 0 saturated heterocycles. The molecule has 1 aromatic heterocycles. The van der Waals surface area contributed by atoms with Crippen molar-refractivity contribution in [3.63, 3.8) is 0 Å². The van der Waals surface area contributed by atoms with Gasteiger partial charge in [-0.15, -0.1) is 0 Å². The van der Waals surface area contributed by atoms with E-state index in [-0.39, 0.29) is 30.6 Å². The van der Waals surface area contributed by atoms with Crippen LogP contribution in [-0.2, 0) is 16.1 Å². The van der Waals surface area contributed by atoms with E-state index in [0.717, 1.165) is 18.8 Å². The Balaban J connectivity index is 2.41. The second-order valence-electron chi connectivity index (χ2n) is 4.54. The number of furan rings is 1. The molecule has 1 aromatic rings. The quantitative estimate of drug-likeness (QED) is 0.704. The van der Waals surface area contributed by atoms with E-state index in [0.29, 0.717) is 13.2 Å². The number of carbonyl (C=O) groups is 2. The number of nitrogens with one attached hydrogen (secondary N) is 1. The zero-order valence-corrected chi connectivity index (χ0v) is 13.0. The van der Waals surface area contributed by atoms with Crippen molar-refractivity contribution in [1.29, 1.82) is 0 Å². The van der Waals surface area contributed by atoms with Gasteiger partial charge in [-0.1, -0.05) is 13.8 Å². The monoisotopic (exact) mass is 296 g/mol. The minimum Gasteiger partial charge on any atom is -0.466 e. The largest absolute Gasteiger partial charge is 0.466 e. The minimum absolute atomic E-state index is 0.159. The van der Waals surface area contributed by atoms with E-state index in [2.05, 4.69) is 24.1 Å². The molecule has 0 spiro atoms. The summed E-state index contributed by atoms with van der Waals surface area (Å²) < 4.78 is 10.3. The molecule has 0 aromatic carbocycles. The van der Waals surface area contributed by atoms with Gasteiger partial charge in [-0.25, -0.2) is 0 Å². The average molecular weight is 296 g/mol. The topological polar surface area (TPSA) is 71.8 Å². The minimum atomic E-state index is -0.320. The highest BCUT2D eigenvalue weighted by atomic mass is 16.5. The van der Waals surface area contributed by atoms with Crippen molar-refractivity contribution in [3.05, 3.63) is 23.7 Å². The molecule has 1 N–H and O–H groups in total. The second kappa shape index (κ2) is 9.18. The molecule has 1 heterocycles. The number of amides is 1. The van der Waals surface area contributed by atoms with E-state index in [9.17, 15) is 9.59 Å². The Morgan fingerprint density at radius 3 is 2.57 bits per heavy atom. The molecule has 1 rings (SSSR count). The molecule has 6 nitrogen and oxygen atoms in total. The summed E-state index contributed by atoms with van der Waals surface area (Å²) in [5, 5.41) is 2.64. The normalized spacial score (nSPS) is 10.7. The van der Waals surface area contributed by atoms with Crippen LogP contribution in [0.3, 0.4) is 0 Å². The van der Waals surface area contributed by atoms with Gasteiger partial charge in [0.25, 0.3) is 5.91 Å². The van der Waals surface area contributed by atoms with Crippen LogP contribution >= 0.6 is 0 Å². The van der Waals surface area contributed by atoms with Crippen LogP contribution < -0.4 is 5.32 Å². The summed E-state index contributed by atoms with van der Waals surface area (Å²) >= 11 is 0. The maximum atomic E-state index is 11.9. The van der Waals surface area contributed by atoms with E-state index in [1.807, 2.05) is 0 Å². The zero-order chi connectivity index (χ0) is 15.7. The smallest absolute Gasteiger partial charge is 0.307 e. The molecule has 0 aliphatic rings. The molecule has 21 heavy (non-hydrogen) atoms. The Labute approximate surface area is 125 Å². The Hall–Kier alpha value is -1.82. The zero-order valence-electron chi connectivity index (χ0n) is 13.0. The number of hydrogen-bond acceptors (Lipinski definition) is 5. The van der Waals surface area contributed by atoms with Crippen molar-refractivity contribution in [1.82, 2.24) is 10.2 Å². The van der Waals surface area contributed by atoms with Crippen molar-refractivity contribution in [2.24, 2.45) is 0 Å². The lowest BCUT2D eigenvalue weighted by molar-refractivity contribution is -0.142. The van der Waals surface area contributed by atoms with E-state index >= 15 is 0 Å². The molecule has 6 heteroatoms. The summed E-state index contributed by atoms with van der Waals surface area (Å²) in [4.78, 5) is 25.2. The van der Waals surface area contributed by atoms with Gasteiger partial charge in [-0.3, -0.25) is 14.5 Å². The third-order valence-electron chi connectivity index (χ3n) is 3.08. The van der Waals surface area contributed by atoms with Crippen molar-refractivity contribution in [2.45, 2.75) is 33.7 Å². The lowest BCUT2D eigenvalue weighted by atomic mass is 10.3. The molecule has 0 fully saturated rings. The van der Waals surface area contributed by atoms with Crippen LogP contribution in [0.15, 0.2) is 16.5 Å². The predicted octanol–water partition coefficient (Wildman–Crippen LogP) is 1.80. The van der Waals surface area contributed by atoms with Gasteiger partial charge >= 0.3 is 5.97 Å². The average Bonchev–Trinajstić information content (AvgIpc) is 2.93. The maximum absolute atomic E-state index is 11.9. The van der Waals surface area contributed by atoms with Gasteiger partial charge in [-0.2, -0.15) is 0 Å². The lowest BCUT2D eigenvalue weighted by Gasteiger charge is -2.15. The van der Waals surface area contributed by atoms with Crippen molar-refractivity contribution in [3.8, 4) is 0 Å². The van der Waals surface area contributed by atoms with Crippen molar-refractivity contribution in [2.75, 3.05) is 26.2 Å². The fraction of sp³-hybridized carbons (Fsp3) is 0.600. The van der Waals surface area contributed by atoms with Crippen LogP contribution in [0.1, 0.15) is 43.5 Å². The number of ether oxygens (including phenoxy) is 1. The molecule has 0 unspecified atom stereocenters. The first-order valence-electron chi connectivity index (χ1n) is 7.35. The molecule has 0 atom stereocenters. The van der Waals surface area contributed by atoms with Gasteiger partial charge in [-0.05, 0) is 32.1 Å². The third kappa shape index (κ3) is 5.99. The molecule has 118 valence electrons. The Morgan fingerprint density at radius 2 is 1.95 bits per heavy atom. The first kappa shape index (κ1) is 17.2. The summed E-state index contributed by atoms with van der Waals surface area (Å²) in [6.45, 7) is 9.03. The number of carbonyl (C=O) groups excluding carboxylic acids is 2. The van der Waals surface area contributed by atoms with E-state index in [1.54, 1.807) is 19.1 Å². The van der Waals surface area contributed by atoms with E-state index in [4.69, 9.17) is 9.15 Å². The van der Waals surface area contributed by atoms with Crippen molar-refractivity contribution >= 4 is 11.9 Å². The van der Waals surface area contributed by atoms with Crippen LogP contribution in [0.5, 0.6) is 0 Å².